The molecule has 1 aliphatic rings. The maximum Gasteiger partial charge on any atom is 0.328 e. The Morgan fingerprint density at radius 3 is 2.57 bits per heavy atom. The van der Waals surface area contributed by atoms with Crippen molar-refractivity contribution < 1.29 is 19.4 Å². The van der Waals surface area contributed by atoms with Crippen LogP contribution < -0.4 is 9.47 Å². The Morgan fingerprint density at radius 1 is 1.24 bits per heavy atom. The van der Waals surface area contributed by atoms with Crippen molar-refractivity contribution in [3.8, 4) is 11.5 Å². The smallest absolute Gasteiger partial charge is 0.328 e. The number of carboxylic acids is 1. The number of carboxylic acid groups (broad SMARTS) is 1. The normalized spacial score (nSPS) is 16.6. The van der Waals surface area contributed by atoms with Gasteiger partial charge in [0.2, 0.25) is 0 Å². The van der Waals surface area contributed by atoms with Crippen LogP contribution in [0.3, 0.4) is 0 Å². The third kappa shape index (κ3) is 4.52. The molecule has 4 nitrogen and oxygen atoms in total. The highest BCUT2D eigenvalue weighted by molar-refractivity contribution is 5.86. The zero-order chi connectivity index (χ0) is 15.1. The first kappa shape index (κ1) is 15.4. The number of ether oxygens (including phenoxy) is 2. The highest BCUT2D eigenvalue weighted by Crippen LogP contribution is 2.34. The number of carbonyl (C=O) groups is 1. The second kappa shape index (κ2) is 7.72. The third-order valence-electron chi connectivity index (χ3n) is 3.72. The number of hydrogen-bond donors (Lipinski definition) is 1. The molecule has 0 atom stereocenters. The van der Waals surface area contributed by atoms with E-state index < -0.39 is 5.97 Å². The molecule has 0 aromatic heterocycles. The average molecular weight is 290 g/mol. The Hall–Kier alpha value is -1.97. The second-order valence-corrected chi connectivity index (χ2v) is 5.28. The maximum atomic E-state index is 10.7. The van der Waals surface area contributed by atoms with Crippen LogP contribution in [0.25, 0.3) is 6.08 Å². The molecular formula is C17H22O4. The second-order valence-electron chi connectivity index (χ2n) is 5.28. The zero-order valence-corrected chi connectivity index (χ0v) is 12.4. The fourth-order valence-electron chi connectivity index (χ4n) is 2.64. The van der Waals surface area contributed by atoms with Crippen molar-refractivity contribution in [1.82, 2.24) is 0 Å². The van der Waals surface area contributed by atoms with E-state index in [9.17, 15) is 4.79 Å². The van der Waals surface area contributed by atoms with E-state index in [1.807, 2.05) is 18.2 Å². The zero-order valence-electron chi connectivity index (χ0n) is 12.4. The van der Waals surface area contributed by atoms with Crippen LogP contribution in [0.2, 0.25) is 0 Å². The van der Waals surface area contributed by atoms with Gasteiger partial charge in [0.25, 0.3) is 0 Å². The van der Waals surface area contributed by atoms with E-state index in [-0.39, 0.29) is 6.10 Å². The lowest BCUT2D eigenvalue weighted by Crippen LogP contribution is -2.16. The highest BCUT2D eigenvalue weighted by Gasteiger charge is 2.17. The molecule has 1 saturated carbocycles. The number of rotatable bonds is 5. The molecular weight excluding hydrogens is 268 g/mol. The van der Waals surface area contributed by atoms with Crippen LogP contribution in [0, 0.1) is 0 Å². The van der Waals surface area contributed by atoms with E-state index in [0.29, 0.717) is 11.5 Å². The predicted octanol–water partition coefficient (Wildman–Crippen LogP) is 3.89. The summed E-state index contributed by atoms with van der Waals surface area (Å²) in [6.45, 7) is 0. The average Bonchev–Trinajstić information content (AvgIpc) is 2.74. The molecule has 0 radical (unpaired) electrons. The fourth-order valence-corrected chi connectivity index (χ4v) is 2.64. The number of methoxy groups -OCH3 is 1. The van der Waals surface area contributed by atoms with Gasteiger partial charge in [-0.2, -0.15) is 0 Å². The quantitative estimate of drug-likeness (QED) is 0.660. The molecule has 1 N–H and O–H groups in total. The van der Waals surface area contributed by atoms with Crippen molar-refractivity contribution in [3.63, 3.8) is 0 Å². The Bertz CT molecular complexity index is 500. The van der Waals surface area contributed by atoms with Gasteiger partial charge in [0.05, 0.1) is 13.2 Å². The summed E-state index contributed by atoms with van der Waals surface area (Å²) < 4.78 is 11.5. The molecule has 0 unspecified atom stereocenters. The minimum atomic E-state index is -0.974. The predicted molar refractivity (Wildman–Crippen MR) is 81.8 cm³/mol. The molecule has 1 aromatic carbocycles. The molecule has 0 bridgehead atoms. The van der Waals surface area contributed by atoms with Crippen LogP contribution in [-0.2, 0) is 4.79 Å². The van der Waals surface area contributed by atoms with E-state index in [1.165, 1.54) is 25.7 Å². The summed E-state index contributed by atoms with van der Waals surface area (Å²) in [4.78, 5) is 10.7. The van der Waals surface area contributed by atoms with E-state index in [1.54, 1.807) is 13.2 Å². The minimum absolute atomic E-state index is 0.181. The summed E-state index contributed by atoms with van der Waals surface area (Å²) in [5.41, 5.74) is 0.737. The monoisotopic (exact) mass is 290 g/mol. The summed E-state index contributed by atoms with van der Waals surface area (Å²) in [5.74, 6) is 0.314. The van der Waals surface area contributed by atoms with Gasteiger partial charge in [0.15, 0.2) is 11.5 Å². The number of benzene rings is 1. The highest BCUT2D eigenvalue weighted by atomic mass is 16.5. The third-order valence-corrected chi connectivity index (χ3v) is 3.72. The molecule has 21 heavy (non-hydrogen) atoms. The van der Waals surface area contributed by atoms with Gasteiger partial charge in [-0.15, -0.1) is 0 Å². The largest absolute Gasteiger partial charge is 0.493 e. The maximum absolute atomic E-state index is 10.7. The van der Waals surface area contributed by atoms with Gasteiger partial charge in [0.1, 0.15) is 0 Å². The molecule has 4 heteroatoms. The summed E-state index contributed by atoms with van der Waals surface area (Å²) in [6.07, 6.45) is 9.82. The molecule has 2 rings (SSSR count). The Kier molecular flexibility index (Phi) is 5.67. The van der Waals surface area contributed by atoms with Crippen LogP contribution in [-0.4, -0.2) is 24.3 Å². The van der Waals surface area contributed by atoms with Crippen LogP contribution in [0.5, 0.6) is 11.5 Å². The lowest BCUT2D eigenvalue weighted by atomic mass is 10.1. The fraction of sp³-hybridized carbons (Fsp3) is 0.471. The number of para-hydroxylation sites is 1. The molecule has 1 fully saturated rings. The van der Waals surface area contributed by atoms with Crippen molar-refractivity contribution in [1.29, 1.82) is 0 Å². The molecule has 114 valence electrons. The van der Waals surface area contributed by atoms with Gasteiger partial charge < -0.3 is 14.6 Å². The number of aliphatic carboxylic acids is 1. The van der Waals surface area contributed by atoms with Crippen molar-refractivity contribution in [2.45, 2.75) is 44.6 Å². The van der Waals surface area contributed by atoms with Gasteiger partial charge in [-0.3, -0.25) is 0 Å². The molecule has 0 saturated heterocycles. The van der Waals surface area contributed by atoms with E-state index >= 15 is 0 Å². The van der Waals surface area contributed by atoms with E-state index in [0.717, 1.165) is 24.5 Å². The van der Waals surface area contributed by atoms with E-state index in [4.69, 9.17) is 14.6 Å². The molecule has 0 heterocycles. The van der Waals surface area contributed by atoms with Crippen molar-refractivity contribution >= 4 is 12.0 Å². The summed E-state index contributed by atoms with van der Waals surface area (Å²) >= 11 is 0. The van der Waals surface area contributed by atoms with Crippen LogP contribution in [0.1, 0.15) is 44.1 Å². The Morgan fingerprint density at radius 2 is 1.95 bits per heavy atom. The lowest BCUT2D eigenvalue weighted by molar-refractivity contribution is -0.131. The first-order chi connectivity index (χ1) is 10.2. The molecule has 0 amide bonds. The first-order valence-corrected chi connectivity index (χ1v) is 7.45. The van der Waals surface area contributed by atoms with Crippen LogP contribution >= 0.6 is 0 Å². The Labute approximate surface area is 125 Å². The van der Waals surface area contributed by atoms with Crippen molar-refractivity contribution in [2.75, 3.05) is 7.11 Å². The van der Waals surface area contributed by atoms with Crippen LogP contribution in [0.4, 0.5) is 0 Å². The van der Waals surface area contributed by atoms with Crippen molar-refractivity contribution in [3.05, 3.63) is 29.8 Å². The SMILES string of the molecule is COc1cccc(/C=C/C(=O)O)c1OC1CCCCCC1. The molecule has 1 aromatic rings. The van der Waals surface area contributed by atoms with Gasteiger partial charge in [-0.05, 0) is 37.8 Å². The topological polar surface area (TPSA) is 55.8 Å². The van der Waals surface area contributed by atoms with Crippen molar-refractivity contribution in [2.24, 2.45) is 0 Å². The molecule has 1 aliphatic carbocycles. The summed E-state index contributed by atoms with van der Waals surface area (Å²) in [5, 5.41) is 8.79. The van der Waals surface area contributed by atoms with Gasteiger partial charge in [0, 0.05) is 11.6 Å². The molecule has 0 spiro atoms. The Balaban J connectivity index is 2.23. The minimum Gasteiger partial charge on any atom is -0.493 e. The summed E-state index contributed by atoms with van der Waals surface area (Å²) in [6, 6.07) is 5.51. The first-order valence-electron chi connectivity index (χ1n) is 7.45. The summed E-state index contributed by atoms with van der Waals surface area (Å²) in [7, 11) is 1.60. The number of hydrogen-bond acceptors (Lipinski definition) is 3. The van der Waals surface area contributed by atoms with Crippen LogP contribution in [0.15, 0.2) is 24.3 Å². The van der Waals surface area contributed by atoms with Gasteiger partial charge >= 0.3 is 5.97 Å². The van der Waals surface area contributed by atoms with E-state index in [2.05, 4.69) is 0 Å². The lowest BCUT2D eigenvalue weighted by Gasteiger charge is -2.20. The van der Waals surface area contributed by atoms with Gasteiger partial charge in [-0.1, -0.05) is 25.0 Å². The standard InChI is InChI=1S/C17H22O4/c1-20-15-10-6-7-13(11-12-16(18)19)17(15)21-14-8-4-2-3-5-9-14/h6-7,10-12,14H,2-5,8-9H2,1H3,(H,18,19)/b12-11+. The molecule has 0 aliphatic heterocycles. The van der Waals surface area contributed by atoms with Gasteiger partial charge in [-0.25, -0.2) is 4.79 Å².